The van der Waals surface area contributed by atoms with E-state index in [0.717, 1.165) is 13.0 Å². The van der Waals surface area contributed by atoms with Crippen LogP contribution in [0.1, 0.15) is 26.7 Å². The Morgan fingerprint density at radius 1 is 1.62 bits per heavy atom. The molecule has 1 rings (SSSR count). The Morgan fingerprint density at radius 3 is 2.85 bits per heavy atom. The summed E-state index contributed by atoms with van der Waals surface area (Å²) in [5.74, 6) is 0.835. The zero-order valence-corrected chi connectivity index (χ0v) is 8.84. The van der Waals surface area contributed by atoms with E-state index < -0.39 is 0 Å². The Bertz CT molecular complexity index is 180. The number of hydrogen-bond acceptors (Lipinski definition) is 2. The van der Waals surface area contributed by atoms with Gasteiger partial charge in [0.05, 0.1) is 6.54 Å². The Hall–Kier alpha value is -0.570. The quantitative estimate of drug-likeness (QED) is 0.705. The molecule has 0 spiro atoms. The fourth-order valence-electron chi connectivity index (χ4n) is 2.05. The smallest absolute Gasteiger partial charge is 0.236 e. The maximum Gasteiger partial charge on any atom is 0.236 e. The number of nitrogens with one attached hydrogen (secondary N) is 1. The molecule has 1 aliphatic rings. The minimum atomic E-state index is 0.249. The highest BCUT2D eigenvalue weighted by atomic mass is 16.2. The van der Waals surface area contributed by atoms with E-state index in [9.17, 15) is 4.79 Å². The monoisotopic (exact) mass is 184 g/mol. The Labute approximate surface area is 80.5 Å². The summed E-state index contributed by atoms with van der Waals surface area (Å²) in [4.78, 5) is 13.7. The molecule has 1 fully saturated rings. The topological polar surface area (TPSA) is 32.3 Å². The summed E-state index contributed by atoms with van der Waals surface area (Å²) in [7, 11) is 1.82. The van der Waals surface area contributed by atoms with Gasteiger partial charge in [0.15, 0.2) is 0 Å². The summed E-state index contributed by atoms with van der Waals surface area (Å²) in [6.45, 7) is 5.80. The molecule has 0 aromatic carbocycles. The fourth-order valence-corrected chi connectivity index (χ4v) is 2.05. The van der Waals surface area contributed by atoms with Gasteiger partial charge in [0.25, 0.3) is 0 Å². The largest absolute Gasteiger partial charge is 0.338 e. The molecule has 13 heavy (non-hydrogen) atoms. The van der Waals surface area contributed by atoms with Crippen LogP contribution in [0, 0.1) is 5.92 Å². The summed E-state index contributed by atoms with van der Waals surface area (Å²) in [5, 5.41) is 2.91. The second-order valence-electron chi connectivity index (χ2n) is 4.07. The number of carbonyl (C=O) groups is 1. The summed E-state index contributed by atoms with van der Waals surface area (Å²) in [6.07, 6.45) is 2.34. The lowest BCUT2D eigenvalue weighted by Crippen LogP contribution is -2.42. The highest BCUT2D eigenvalue weighted by molar-refractivity contribution is 5.78. The molecule has 1 heterocycles. The molecule has 0 radical (unpaired) electrons. The number of likely N-dealkylation sites (N-methyl/N-ethyl adjacent to an activating group) is 1. The number of amides is 1. The average molecular weight is 184 g/mol. The highest BCUT2D eigenvalue weighted by Gasteiger charge is 2.29. The first-order valence-electron chi connectivity index (χ1n) is 5.11. The number of nitrogens with zero attached hydrogens (tertiary/aromatic N) is 1. The van der Waals surface area contributed by atoms with E-state index in [2.05, 4.69) is 19.2 Å². The van der Waals surface area contributed by atoms with Crippen LogP contribution in [0.25, 0.3) is 0 Å². The third-order valence-electron chi connectivity index (χ3n) is 2.72. The molecular weight excluding hydrogens is 164 g/mol. The molecule has 3 nitrogen and oxygen atoms in total. The van der Waals surface area contributed by atoms with Crippen LogP contribution < -0.4 is 5.32 Å². The third-order valence-corrected chi connectivity index (χ3v) is 2.72. The maximum atomic E-state index is 11.6. The predicted molar refractivity (Wildman–Crippen MR) is 53.5 cm³/mol. The van der Waals surface area contributed by atoms with Crippen molar-refractivity contribution in [1.29, 1.82) is 0 Å². The van der Waals surface area contributed by atoms with Crippen LogP contribution >= 0.6 is 0 Å². The molecule has 1 N–H and O–H groups in total. The van der Waals surface area contributed by atoms with Crippen molar-refractivity contribution in [2.24, 2.45) is 5.92 Å². The van der Waals surface area contributed by atoms with Crippen LogP contribution in [0.2, 0.25) is 0 Å². The van der Waals surface area contributed by atoms with Gasteiger partial charge >= 0.3 is 0 Å². The number of rotatable bonds is 3. The first kappa shape index (κ1) is 10.5. The Kier molecular flexibility index (Phi) is 3.72. The molecule has 0 bridgehead atoms. The van der Waals surface area contributed by atoms with E-state index >= 15 is 0 Å². The molecule has 0 aromatic heterocycles. The predicted octanol–water partition coefficient (Wildman–Crippen LogP) is 0.853. The maximum absolute atomic E-state index is 11.6. The van der Waals surface area contributed by atoms with Crippen molar-refractivity contribution in [3.8, 4) is 0 Å². The van der Waals surface area contributed by atoms with Crippen molar-refractivity contribution in [3.63, 3.8) is 0 Å². The van der Waals surface area contributed by atoms with E-state index in [1.807, 2.05) is 11.9 Å². The van der Waals surface area contributed by atoms with Gasteiger partial charge in [-0.2, -0.15) is 0 Å². The van der Waals surface area contributed by atoms with Crippen LogP contribution in [0.4, 0.5) is 0 Å². The summed E-state index contributed by atoms with van der Waals surface area (Å²) in [5.41, 5.74) is 0. The van der Waals surface area contributed by atoms with E-state index in [-0.39, 0.29) is 5.91 Å². The number of carbonyl (C=O) groups excluding carboxylic acids is 1. The minimum absolute atomic E-state index is 0.249. The normalized spacial score (nSPS) is 22.8. The molecule has 1 atom stereocenters. The molecule has 3 heteroatoms. The van der Waals surface area contributed by atoms with E-state index in [4.69, 9.17) is 0 Å². The van der Waals surface area contributed by atoms with Crippen molar-refractivity contribution in [1.82, 2.24) is 10.2 Å². The van der Waals surface area contributed by atoms with Gasteiger partial charge in [-0.1, -0.05) is 13.8 Å². The zero-order chi connectivity index (χ0) is 9.84. The van der Waals surface area contributed by atoms with Crippen LogP contribution in [-0.4, -0.2) is 37.0 Å². The second kappa shape index (κ2) is 4.61. The first-order chi connectivity index (χ1) is 6.16. The van der Waals surface area contributed by atoms with Crippen molar-refractivity contribution >= 4 is 5.91 Å². The lowest BCUT2D eigenvalue weighted by Gasteiger charge is -2.27. The van der Waals surface area contributed by atoms with Gasteiger partial charge in [-0.25, -0.2) is 0 Å². The third kappa shape index (κ3) is 2.44. The summed E-state index contributed by atoms with van der Waals surface area (Å²) < 4.78 is 0. The van der Waals surface area contributed by atoms with Gasteiger partial charge in [-0.3, -0.25) is 4.79 Å². The van der Waals surface area contributed by atoms with E-state index in [1.54, 1.807) is 0 Å². The average Bonchev–Trinajstić information content (AvgIpc) is 2.52. The van der Waals surface area contributed by atoms with Gasteiger partial charge in [0.1, 0.15) is 0 Å². The second-order valence-corrected chi connectivity index (χ2v) is 4.07. The number of likely N-dealkylation sites (tertiary alicyclic amines) is 1. The lowest BCUT2D eigenvalue weighted by atomic mass is 10.0. The van der Waals surface area contributed by atoms with Crippen LogP contribution in [-0.2, 0) is 4.79 Å². The van der Waals surface area contributed by atoms with E-state index in [1.165, 1.54) is 6.42 Å². The molecule has 0 aliphatic carbocycles. The lowest BCUT2D eigenvalue weighted by molar-refractivity contribution is -0.131. The van der Waals surface area contributed by atoms with Gasteiger partial charge in [-0.05, 0) is 25.8 Å². The van der Waals surface area contributed by atoms with Gasteiger partial charge in [-0.15, -0.1) is 0 Å². The summed E-state index contributed by atoms with van der Waals surface area (Å²) in [6, 6.07) is 0.473. The Morgan fingerprint density at radius 2 is 2.31 bits per heavy atom. The van der Waals surface area contributed by atoms with Gasteiger partial charge < -0.3 is 10.2 Å². The molecule has 1 amide bonds. The molecule has 0 saturated carbocycles. The molecular formula is C10H20N2O. The fraction of sp³-hybridized carbons (Fsp3) is 0.900. The van der Waals surface area contributed by atoms with Crippen molar-refractivity contribution in [3.05, 3.63) is 0 Å². The number of hydrogen-bond donors (Lipinski definition) is 1. The Balaban J connectivity index is 2.52. The highest BCUT2D eigenvalue weighted by Crippen LogP contribution is 2.23. The SMILES string of the molecule is CNCC(=O)N1CCCC1C(C)C. The van der Waals surface area contributed by atoms with Gasteiger partial charge in [0.2, 0.25) is 5.91 Å². The van der Waals surface area contributed by atoms with Crippen molar-refractivity contribution in [2.45, 2.75) is 32.7 Å². The van der Waals surface area contributed by atoms with Gasteiger partial charge in [0, 0.05) is 12.6 Å². The van der Waals surface area contributed by atoms with Crippen molar-refractivity contribution < 1.29 is 4.79 Å². The van der Waals surface area contributed by atoms with Crippen LogP contribution in [0.3, 0.4) is 0 Å². The minimum Gasteiger partial charge on any atom is -0.338 e. The van der Waals surface area contributed by atoms with Crippen LogP contribution in [0.15, 0.2) is 0 Å². The first-order valence-corrected chi connectivity index (χ1v) is 5.11. The molecule has 0 aromatic rings. The molecule has 1 saturated heterocycles. The van der Waals surface area contributed by atoms with E-state index in [0.29, 0.717) is 18.5 Å². The zero-order valence-electron chi connectivity index (χ0n) is 8.84. The molecule has 1 unspecified atom stereocenters. The van der Waals surface area contributed by atoms with Crippen LogP contribution in [0.5, 0.6) is 0 Å². The van der Waals surface area contributed by atoms with Crippen molar-refractivity contribution in [2.75, 3.05) is 20.1 Å². The molecule has 76 valence electrons. The standard InChI is InChI=1S/C10H20N2O/c1-8(2)9-5-4-6-12(9)10(13)7-11-3/h8-9,11H,4-7H2,1-3H3. The molecule has 1 aliphatic heterocycles. The summed E-state index contributed by atoms with van der Waals surface area (Å²) >= 11 is 0.